The van der Waals surface area contributed by atoms with Crippen LogP contribution in [0.25, 0.3) is 0 Å². The van der Waals surface area contributed by atoms with E-state index in [4.69, 9.17) is 15.4 Å². The molecule has 0 aliphatic carbocycles. The number of nitrogens with two attached hydrogens (primary N) is 1. The number of nitrogens with zero attached hydrogens (tertiary/aromatic N) is 4. The van der Waals surface area contributed by atoms with Crippen molar-refractivity contribution in [3.05, 3.63) is 17.5 Å². The minimum absolute atomic E-state index is 0.104. The minimum atomic E-state index is -0.927. The van der Waals surface area contributed by atoms with E-state index < -0.39 is 5.97 Å². The van der Waals surface area contributed by atoms with Gasteiger partial charge in [-0.3, -0.25) is 9.36 Å². The van der Waals surface area contributed by atoms with Crippen molar-refractivity contribution in [3.8, 4) is 0 Å². The van der Waals surface area contributed by atoms with E-state index in [2.05, 4.69) is 15.4 Å². The Hall–Kier alpha value is -2.03. The van der Waals surface area contributed by atoms with Gasteiger partial charge in [-0.2, -0.15) is 0 Å². The summed E-state index contributed by atoms with van der Waals surface area (Å²) in [5, 5.41) is 20.4. The molecule has 0 spiro atoms. The van der Waals surface area contributed by atoms with Gasteiger partial charge >= 0.3 is 5.97 Å². The van der Waals surface area contributed by atoms with E-state index in [0.29, 0.717) is 17.5 Å². The summed E-state index contributed by atoms with van der Waals surface area (Å²) in [6.45, 7) is 2.13. The highest BCUT2D eigenvalue weighted by molar-refractivity contribution is 7.99. The number of hydrogen-bond acceptors (Lipinski definition) is 7. The maximum atomic E-state index is 10.5. The maximum Gasteiger partial charge on any atom is 0.313 e. The number of aryl methyl sites for hydroxylation is 1. The molecule has 0 unspecified atom stereocenters. The van der Waals surface area contributed by atoms with Crippen LogP contribution < -0.4 is 5.73 Å². The van der Waals surface area contributed by atoms with E-state index in [9.17, 15) is 4.79 Å². The quantitative estimate of drug-likeness (QED) is 0.747. The summed E-state index contributed by atoms with van der Waals surface area (Å²) in [5.41, 5.74) is 6.43. The van der Waals surface area contributed by atoms with Gasteiger partial charge in [0.2, 0.25) is 5.95 Å². The minimum Gasteiger partial charge on any atom is -0.481 e. The van der Waals surface area contributed by atoms with E-state index in [1.807, 2.05) is 6.92 Å². The topological polar surface area (TPSA) is 120 Å². The highest BCUT2D eigenvalue weighted by Gasteiger charge is 2.14. The summed E-state index contributed by atoms with van der Waals surface area (Å²) in [5.74, 6) is -0.218. The number of rotatable bonds is 5. The number of aromatic nitrogens is 4. The lowest BCUT2D eigenvalue weighted by Crippen LogP contribution is -2.07. The molecule has 9 heteroatoms. The van der Waals surface area contributed by atoms with Crippen LogP contribution in [0.1, 0.15) is 11.5 Å². The van der Waals surface area contributed by atoms with Crippen LogP contribution in [0, 0.1) is 6.92 Å². The molecule has 3 N–H and O–H groups in total. The number of carboxylic acid groups (broad SMARTS) is 1. The zero-order chi connectivity index (χ0) is 13.1. The Kier molecular flexibility index (Phi) is 3.51. The molecule has 2 aromatic heterocycles. The van der Waals surface area contributed by atoms with Crippen molar-refractivity contribution in [1.82, 2.24) is 19.9 Å². The Labute approximate surface area is 106 Å². The smallest absolute Gasteiger partial charge is 0.313 e. The van der Waals surface area contributed by atoms with Crippen molar-refractivity contribution in [3.63, 3.8) is 0 Å². The second-order valence-electron chi connectivity index (χ2n) is 3.54. The van der Waals surface area contributed by atoms with Gasteiger partial charge in [0, 0.05) is 6.07 Å². The van der Waals surface area contributed by atoms with E-state index in [1.54, 1.807) is 10.6 Å². The summed E-state index contributed by atoms with van der Waals surface area (Å²) in [6.07, 6.45) is 0. The first-order valence-electron chi connectivity index (χ1n) is 5.01. The second kappa shape index (κ2) is 5.08. The number of aliphatic carboxylic acids is 1. The number of carbonyl (C=O) groups is 1. The first-order chi connectivity index (χ1) is 8.56. The Morgan fingerprint density at radius 2 is 2.39 bits per heavy atom. The van der Waals surface area contributed by atoms with Gasteiger partial charge < -0.3 is 15.4 Å². The Morgan fingerprint density at radius 1 is 1.61 bits per heavy atom. The number of nitrogen functional groups attached to an aromatic ring is 1. The molecular weight excluding hydrogens is 258 g/mol. The third-order valence-electron chi connectivity index (χ3n) is 2.06. The van der Waals surface area contributed by atoms with E-state index in [1.165, 1.54) is 0 Å². The van der Waals surface area contributed by atoms with Crippen LogP contribution >= 0.6 is 11.8 Å². The fourth-order valence-corrected chi connectivity index (χ4v) is 1.99. The zero-order valence-corrected chi connectivity index (χ0v) is 10.3. The molecular formula is C9H11N5O3S. The number of anilines is 1. The number of carboxylic acids is 1. The van der Waals surface area contributed by atoms with Gasteiger partial charge in [-0.05, 0) is 6.92 Å². The lowest BCUT2D eigenvalue weighted by Gasteiger charge is -2.03. The summed E-state index contributed by atoms with van der Waals surface area (Å²) in [6, 6.07) is 1.77. The molecule has 0 saturated heterocycles. The Balaban J connectivity index is 2.16. The summed E-state index contributed by atoms with van der Waals surface area (Å²) < 4.78 is 6.64. The van der Waals surface area contributed by atoms with E-state index in [-0.39, 0.29) is 11.7 Å². The van der Waals surface area contributed by atoms with Crippen LogP contribution in [0.4, 0.5) is 5.95 Å². The van der Waals surface area contributed by atoms with Crippen LogP contribution in [0.15, 0.2) is 15.7 Å². The number of hydrogen-bond donors (Lipinski definition) is 2. The Bertz CT molecular complexity index is 564. The largest absolute Gasteiger partial charge is 0.481 e. The van der Waals surface area contributed by atoms with Crippen LogP contribution in [0.5, 0.6) is 0 Å². The molecule has 0 aromatic carbocycles. The van der Waals surface area contributed by atoms with Crippen LogP contribution in [-0.2, 0) is 11.3 Å². The molecule has 0 aliphatic heterocycles. The summed E-state index contributed by atoms with van der Waals surface area (Å²) >= 11 is 1.05. The molecule has 2 aromatic rings. The summed E-state index contributed by atoms with van der Waals surface area (Å²) in [4.78, 5) is 10.5. The molecule has 0 fully saturated rings. The molecule has 0 bridgehead atoms. The van der Waals surface area contributed by atoms with E-state index >= 15 is 0 Å². The first-order valence-corrected chi connectivity index (χ1v) is 6.00. The fraction of sp³-hybridized carbons (Fsp3) is 0.333. The van der Waals surface area contributed by atoms with Gasteiger partial charge in [0.1, 0.15) is 0 Å². The third kappa shape index (κ3) is 2.80. The molecule has 8 nitrogen and oxygen atoms in total. The predicted octanol–water partition coefficient (Wildman–Crippen LogP) is 0.382. The lowest BCUT2D eigenvalue weighted by atomic mass is 10.4. The molecule has 2 heterocycles. The monoisotopic (exact) mass is 269 g/mol. The first kappa shape index (κ1) is 12.4. The zero-order valence-electron chi connectivity index (χ0n) is 9.53. The lowest BCUT2D eigenvalue weighted by molar-refractivity contribution is -0.133. The van der Waals surface area contributed by atoms with Gasteiger partial charge in [0.05, 0.1) is 18.0 Å². The average Bonchev–Trinajstić information content (AvgIpc) is 2.85. The van der Waals surface area contributed by atoms with Gasteiger partial charge in [-0.25, -0.2) is 0 Å². The van der Waals surface area contributed by atoms with Crippen LogP contribution in [0.3, 0.4) is 0 Å². The van der Waals surface area contributed by atoms with Crippen molar-refractivity contribution in [2.75, 3.05) is 11.5 Å². The third-order valence-corrected chi connectivity index (χ3v) is 3.01. The van der Waals surface area contributed by atoms with E-state index in [0.717, 1.165) is 17.5 Å². The van der Waals surface area contributed by atoms with Crippen LogP contribution in [-0.4, -0.2) is 36.7 Å². The maximum absolute atomic E-state index is 10.5. The average molecular weight is 269 g/mol. The normalized spacial score (nSPS) is 10.7. The van der Waals surface area contributed by atoms with Crippen molar-refractivity contribution in [1.29, 1.82) is 0 Å². The van der Waals surface area contributed by atoms with Gasteiger partial charge in [0.15, 0.2) is 10.9 Å². The highest BCUT2D eigenvalue weighted by Crippen LogP contribution is 2.19. The highest BCUT2D eigenvalue weighted by atomic mass is 32.2. The van der Waals surface area contributed by atoms with Crippen LogP contribution in [0.2, 0.25) is 0 Å². The van der Waals surface area contributed by atoms with Crippen molar-refractivity contribution < 1.29 is 14.4 Å². The molecule has 0 amide bonds. The molecule has 0 radical (unpaired) electrons. The molecule has 0 saturated carbocycles. The standard InChI is InChI=1S/C9H11N5O3S/c1-5-2-6(17-13-5)3-14-8(10)11-12-9(14)18-4-7(15)16/h2H,3-4H2,1H3,(H2,10,11)(H,15,16). The molecule has 18 heavy (non-hydrogen) atoms. The molecule has 96 valence electrons. The molecule has 0 aliphatic rings. The van der Waals surface area contributed by atoms with Gasteiger partial charge in [-0.15, -0.1) is 10.2 Å². The Morgan fingerprint density at radius 3 is 3.00 bits per heavy atom. The van der Waals surface area contributed by atoms with Crippen molar-refractivity contribution in [2.45, 2.75) is 18.6 Å². The molecule has 2 rings (SSSR count). The fourth-order valence-electron chi connectivity index (χ4n) is 1.33. The van der Waals surface area contributed by atoms with Crippen molar-refractivity contribution in [2.24, 2.45) is 0 Å². The predicted molar refractivity (Wildman–Crippen MR) is 63.1 cm³/mol. The molecule has 0 atom stereocenters. The van der Waals surface area contributed by atoms with Gasteiger partial charge in [-0.1, -0.05) is 16.9 Å². The summed E-state index contributed by atoms with van der Waals surface area (Å²) in [7, 11) is 0. The number of thioether (sulfide) groups is 1. The van der Waals surface area contributed by atoms with Crippen molar-refractivity contribution >= 4 is 23.7 Å². The SMILES string of the molecule is Cc1cc(Cn2c(N)nnc2SCC(=O)O)on1. The second-order valence-corrected chi connectivity index (χ2v) is 4.49. The van der Waals surface area contributed by atoms with Gasteiger partial charge in [0.25, 0.3) is 0 Å².